The Morgan fingerprint density at radius 1 is 1.03 bits per heavy atom. The van der Waals surface area contributed by atoms with E-state index in [-0.39, 0.29) is 6.61 Å². The highest BCUT2D eigenvalue weighted by atomic mass is 32.1. The van der Waals surface area contributed by atoms with Gasteiger partial charge in [0.15, 0.2) is 11.5 Å². The van der Waals surface area contributed by atoms with E-state index < -0.39 is 5.97 Å². The average molecular weight is 411 g/mol. The number of hydrogen-bond donors (Lipinski definition) is 0. The fourth-order valence-corrected chi connectivity index (χ4v) is 3.45. The molecule has 3 rings (SSSR count). The topological polar surface area (TPSA) is 66.9 Å². The van der Waals surface area contributed by atoms with E-state index >= 15 is 0 Å². The Balaban J connectivity index is 1.62. The van der Waals surface area contributed by atoms with Crippen LogP contribution in [-0.4, -0.2) is 32.3 Å². The smallest absolute Gasteiger partial charge is 0.331 e. The van der Waals surface area contributed by atoms with Crippen molar-refractivity contribution in [2.45, 2.75) is 6.61 Å². The summed E-state index contributed by atoms with van der Waals surface area (Å²) in [6, 6.07) is 13.0. The monoisotopic (exact) mass is 411 g/mol. The molecule has 0 fully saturated rings. The van der Waals surface area contributed by atoms with Crippen molar-refractivity contribution in [2.75, 3.05) is 21.3 Å². The lowest BCUT2D eigenvalue weighted by molar-refractivity contribution is -0.139. The summed E-state index contributed by atoms with van der Waals surface area (Å²) >= 11 is 1.45. The third-order valence-corrected chi connectivity index (χ3v) is 5.00. The van der Waals surface area contributed by atoms with E-state index in [0.717, 1.165) is 21.9 Å². The normalized spacial score (nSPS) is 10.7. The van der Waals surface area contributed by atoms with Gasteiger partial charge in [-0.05, 0) is 35.9 Å². The molecule has 0 saturated carbocycles. The highest BCUT2D eigenvalue weighted by Gasteiger charge is 2.15. The van der Waals surface area contributed by atoms with Gasteiger partial charge in [-0.1, -0.05) is 18.2 Å². The Kier molecular flexibility index (Phi) is 6.86. The Labute approximate surface area is 173 Å². The molecule has 0 aliphatic heterocycles. The third-order valence-electron chi connectivity index (χ3n) is 4.08. The van der Waals surface area contributed by atoms with Crippen molar-refractivity contribution in [2.24, 2.45) is 0 Å². The summed E-state index contributed by atoms with van der Waals surface area (Å²) in [4.78, 5) is 16.5. The second kappa shape index (κ2) is 9.75. The van der Waals surface area contributed by atoms with Gasteiger partial charge < -0.3 is 18.9 Å². The van der Waals surface area contributed by atoms with Crippen LogP contribution < -0.4 is 14.2 Å². The van der Waals surface area contributed by atoms with Crippen LogP contribution in [0.15, 0.2) is 53.9 Å². The van der Waals surface area contributed by atoms with Crippen molar-refractivity contribution in [3.8, 4) is 27.8 Å². The number of esters is 1. The number of rotatable bonds is 8. The maximum atomic E-state index is 12.0. The molecule has 0 aliphatic carbocycles. The molecule has 0 aliphatic rings. The molecule has 0 atom stereocenters. The van der Waals surface area contributed by atoms with E-state index in [2.05, 4.69) is 4.98 Å². The predicted molar refractivity (Wildman–Crippen MR) is 112 cm³/mol. The molecule has 0 N–H and O–H groups in total. The maximum Gasteiger partial charge on any atom is 0.331 e. The Morgan fingerprint density at radius 2 is 1.83 bits per heavy atom. The van der Waals surface area contributed by atoms with Crippen LogP contribution in [-0.2, 0) is 16.1 Å². The number of carbonyl (C=O) groups is 1. The summed E-state index contributed by atoms with van der Waals surface area (Å²) in [5, 5.41) is 2.62. The molecule has 0 saturated heterocycles. The van der Waals surface area contributed by atoms with Crippen LogP contribution in [0.25, 0.3) is 16.6 Å². The number of para-hydroxylation sites is 1. The van der Waals surface area contributed by atoms with E-state index in [1.165, 1.54) is 17.4 Å². The van der Waals surface area contributed by atoms with Gasteiger partial charge in [-0.2, -0.15) is 0 Å². The summed E-state index contributed by atoms with van der Waals surface area (Å²) in [7, 11) is 4.79. The van der Waals surface area contributed by atoms with E-state index in [4.69, 9.17) is 18.9 Å². The van der Waals surface area contributed by atoms with Gasteiger partial charge in [-0.15, -0.1) is 11.3 Å². The third kappa shape index (κ3) is 5.14. The first kappa shape index (κ1) is 20.4. The van der Waals surface area contributed by atoms with Crippen LogP contribution in [0.5, 0.6) is 17.2 Å². The molecular weight excluding hydrogens is 390 g/mol. The molecule has 1 heterocycles. The fourth-order valence-electron chi connectivity index (χ4n) is 2.62. The number of ether oxygens (including phenoxy) is 4. The molecule has 0 unspecified atom stereocenters. The molecule has 0 amide bonds. The molecule has 29 heavy (non-hydrogen) atoms. The zero-order chi connectivity index (χ0) is 20.6. The number of nitrogens with zero attached hydrogens (tertiary/aromatic N) is 1. The second-order valence-electron chi connectivity index (χ2n) is 5.90. The van der Waals surface area contributed by atoms with Crippen molar-refractivity contribution >= 4 is 23.4 Å². The summed E-state index contributed by atoms with van der Waals surface area (Å²) in [6.07, 6.45) is 3.08. The van der Waals surface area contributed by atoms with Gasteiger partial charge in [0.1, 0.15) is 17.4 Å². The molecule has 1 aromatic heterocycles. The van der Waals surface area contributed by atoms with Crippen LogP contribution in [0.4, 0.5) is 0 Å². The van der Waals surface area contributed by atoms with Gasteiger partial charge in [0, 0.05) is 11.5 Å². The predicted octanol–water partition coefficient (Wildman–Crippen LogP) is 4.59. The highest BCUT2D eigenvalue weighted by molar-refractivity contribution is 7.13. The quantitative estimate of drug-likeness (QED) is 0.399. The number of methoxy groups -OCH3 is 3. The minimum Gasteiger partial charge on any atom is -0.497 e. The van der Waals surface area contributed by atoms with Crippen LogP contribution in [0.1, 0.15) is 11.3 Å². The number of benzene rings is 2. The largest absolute Gasteiger partial charge is 0.497 e. The van der Waals surface area contributed by atoms with Crippen molar-refractivity contribution in [3.05, 3.63) is 65.2 Å². The minimum atomic E-state index is -0.436. The molecule has 0 spiro atoms. The average Bonchev–Trinajstić information content (AvgIpc) is 3.24. The van der Waals surface area contributed by atoms with Gasteiger partial charge in [-0.25, -0.2) is 9.78 Å². The number of aromatic nitrogens is 1. The van der Waals surface area contributed by atoms with Gasteiger partial charge >= 0.3 is 5.97 Å². The van der Waals surface area contributed by atoms with Crippen molar-refractivity contribution in [3.63, 3.8) is 0 Å². The fraction of sp³-hybridized carbons (Fsp3) is 0.182. The van der Waals surface area contributed by atoms with Crippen LogP contribution in [0.3, 0.4) is 0 Å². The lowest BCUT2D eigenvalue weighted by Gasteiger charge is -2.10. The SMILES string of the molecule is COc1ccc(/C=C/C(=O)OCc2csc(-c3cccc(OC)c3OC)n2)cc1. The molecule has 150 valence electrons. The zero-order valence-electron chi connectivity index (χ0n) is 16.4. The minimum absolute atomic E-state index is 0.0918. The molecular formula is C22H21NO5S. The van der Waals surface area contributed by atoms with Crippen molar-refractivity contribution < 1.29 is 23.7 Å². The van der Waals surface area contributed by atoms with E-state index in [0.29, 0.717) is 17.2 Å². The molecule has 2 aromatic carbocycles. The maximum absolute atomic E-state index is 12.0. The number of carbonyl (C=O) groups excluding carboxylic acids is 1. The molecule has 6 nitrogen and oxygen atoms in total. The lowest BCUT2D eigenvalue weighted by atomic mass is 10.2. The Hall–Kier alpha value is -3.32. The number of thiazole rings is 1. The summed E-state index contributed by atoms with van der Waals surface area (Å²) in [5.74, 6) is 1.58. The molecule has 3 aromatic rings. The van der Waals surface area contributed by atoms with Crippen molar-refractivity contribution in [1.82, 2.24) is 4.98 Å². The molecule has 7 heteroatoms. The number of hydrogen-bond acceptors (Lipinski definition) is 7. The van der Waals surface area contributed by atoms with Crippen LogP contribution >= 0.6 is 11.3 Å². The summed E-state index contributed by atoms with van der Waals surface area (Å²) < 4.78 is 21.2. The lowest BCUT2D eigenvalue weighted by Crippen LogP contribution is -2.01. The molecule has 0 bridgehead atoms. The Morgan fingerprint density at radius 3 is 2.52 bits per heavy atom. The van der Waals surface area contributed by atoms with E-state index in [1.54, 1.807) is 27.4 Å². The van der Waals surface area contributed by atoms with Gasteiger partial charge in [0.2, 0.25) is 0 Å². The summed E-state index contributed by atoms with van der Waals surface area (Å²) in [5.41, 5.74) is 2.37. The second-order valence-corrected chi connectivity index (χ2v) is 6.76. The van der Waals surface area contributed by atoms with Gasteiger partial charge in [-0.3, -0.25) is 0 Å². The summed E-state index contributed by atoms with van der Waals surface area (Å²) in [6.45, 7) is 0.0918. The first-order chi connectivity index (χ1) is 14.1. The van der Waals surface area contributed by atoms with Gasteiger partial charge in [0.25, 0.3) is 0 Å². The highest BCUT2D eigenvalue weighted by Crippen LogP contribution is 2.39. The standard InChI is InChI=1S/C22H21NO5S/c1-25-17-10-7-15(8-11-17)9-12-20(24)28-13-16-14-29-22(23-16)18-5-4-6-19(26-2)21(18)27-3/h4-12,14H,13H2,1-3H3/b12-9+. The Bertz CT molecular complexity index is 995. The first-order valence-electron chi connectivity index (χ1n) is 8.79. The van der Waals surface area contributed by atoms with Crippen molar-refractivity contribution in [1.29, 1.82) is 0 Å². The zero-order valence-corrected chi connectivity index (χ0v) is 17.2. The van der Waals surface area contributed by atoms with Crippen LogP contribution in [0.2, 0.25) is 0 Å². The van der Waals surface area contributed by atoms with Crippen LogP contribution in [0, 0.1) is 0 Å². The van der Waals surface area contributed by atoms with E-state index in [1.807, 2.05) is 47.8 Å². The molecule has 0 radical (unpaired) electrons. The first-order valence-corrected chi connectivity index (χ1v) is 9.67. The van der Waals surface area contributed by atoms with Gasteiger partial charge in [0.05, 0.1) is 32.6 Å². The van der Waals surface area contributed by atoms with E-state index in [9.17, 15) is 4.79 Å².